The van der Waals surface area contributed by atoms with Crippen LogP contribution in [0.3, 0.4) is 0 Å². The number of nitrogens with one attached hydrogen (secondary N) is 1. The molecule has 0 aromatic carbocycles. The first-order chi connectivity index (χ1) is 10.1. The largest absolute Gasteiger partial charge is 0.365 e. The van der Waals surface area contributed by atoms with Crippen LogP contribution in [-0.2, 0) is 17.6 Å². The lowest BCUT2D eigenvalue weighted by molar-refractivity contribution is -0.117. The van der Waals surface area contributed by atoms with E-state index in [-0.39, 0.29) is 5.91 Å². The first-order valence-electron chi connectivity index (χ1n) is 7.61. The fraction of sp³-hybridized carbons (Fsp3) is 0.600. The van der Waals surface area contributed by atoms with Crippen LogP contribution in [-0.4, -0.2) is 36.3 Å². The zero-order valence-corrected chi connectivity index (χ0v) is 12.9. The van der Waals surface area contributed by atoms with Crippen LogP contribution in [0.2, 0.25) is 0 Å². The SMILES string of the molecule is NC(=O)c1c(NC(=O)CN2CCCCC2)sc2c1CCC2. The number of amides is 2. The van der Waals surface area contributed by atoms with Gasteiger partial charge < -0.3 is 11.1 Å². The van der Waals surface area contributed by atoms with E-state index < -0.39 is 5.91 Å². The van der Waals surface area contributed by atoms with Crippen LogP contribution >= 0.6 is 11.3 Å². The Morgan fingerprint density at radius 3 is 2.62 bits per heavy atom. The summed E-state index contributed by atoms with van der Waals surface area (Å²) in [5.41, 5.74) is 7.10. The number of aryl methyl sites for hydroxylation is 1. The third kappa shape index (κ3) is 3.11. The molecule has 3 rings (SSSR count). The van der Waals surface area contributed by atoms with Crippen molar-refractivity contribution in [3.8, 4) is 0 Å². The molecule has 0 spiro atoms. The lowest BCUT2D eigenvalue weighted by atomic mass is 10.1. The highest BCUT2D eigenvalue weighted by molar-refractivity contribution is 7.17. The zero-order chi connectivity index (χ0) is 14.8. The molecule has 0 unspecified atom stereocenters. The number of anilines is 1. The van der Waals surface area contributed by atoms with Gasteiger partial charge in [0.1, 0.15) is 5.00 Å². The second kappa shape index (κ2) is 6.15. The Kier molecular flexibility index (Phi) is 4.26. The summed E-state index contributed by atoms with van der Waals surface area (Å²) in [5.74, 6) is -0.470. The van der Waals surface area contributed by atoms with E-state index in [1.165, 1.54) is 22.6 Å². The monoisotopic (exact) mass is 307 g/mol. The summed E-state index contributed by atoms with van der Waals surface area (Å²) in [7, 11) is 0. The Balaban J connectivity index is 1.69. The minimum absolute atomic E-state index is 0.0423. The second-order valence-electron chi connectivity index (χ2n) is 5.81. The molecule has 0 atom stereocenters. The molecule has 1 aliphatic heterocycles. The van der Waals surface area contributed by atoms with Gasteiger partial charge in [0.05, 0.1) is 12.1 Å². The number of likely N-dealkylation sites (tertiary alicyclic amines) is 1. The standard InChI is InChI=1S/C15H21N3O2S/c16-14(20)13-10-5-4-6-11(10)21-15(13)17-12(19)9-18-7-2-1-3-8-18/h1-9H2,(H2,16,20)(H,17,19). The molecule has 2 heterocycles. The summed E-state index contributed by atoms with van der Waals surface area (Å²) in [4.78, 5) is 27.2. The van der Waals surface area contributed by atoms with Crippen molar-refractivity contribution in [3.63, 3.8) is 0 Å². The number of primary amides is 1. The Hall–Kier alpha value is -1.40. The molecule has 2 aliphatic rings. The fourth-order valence-corrected chi connectivity index (χ4v) is 4.55. The topological polar surface area (TPSA) is 75.4 Å². The number of carbonyl (C=O) groups excluding carboxylic acids is 2. The number of nitrogens with two attached hydrogens (primary N) is 1. The van der Waals surface area contributed by atoms with Crippen molar-refractivity contribution in [1.29, 1.82) is 0 Å². The minimum Gasteiger partial charge on any atom is -0.365 e. The van der Waals surface area contributed by atoms with Crippen molar-refractivity contribution in [1.82, 2.24) is 4.90 Å². The van der Waals surface area contributed by atoms with Gasteiger partial charge in [-0.25, -0.2) is 0 Å². The molecule has 0 bridgehead atoms. The number of piperidine rings is 1. The molecule has 1 aromatic heterocycles. The van der Waals surface area contributed by atoms with Crippen molar-refractivity contribution in [3.05, 3.63) is 16.0 Å². The number of hydrogen-bond donors (Lipinski definition) is 2. The van der Waals surface area contributed by atoms with Crippen LogP contribution in [0.15, 0.2) is 0 Å². The number of thiophene rings is 1. The Bertz CT molecular complexity index is 562. The number of hydrogen-bond acceptors (Lipinski definition) is 4. The maximum absolute atomic E-state index is 12.2. The van der Waals surface area contributed by atoms with Gasteiger partial charge >= 0.3 is 0 Å². The van der Waals surface area contributed by atoms with E-state index in [0.29, 0.717) is 17.1 Å². The first kappa shape index (κ1) is 14.5. The summed E-state index contributed by atoms with van der Waals surface area (Å²) in [5, 5.41) is 3.55. The van der Waals surface area contributed by atoms with Crippen LogP contribution in [0, 0.1) is 0 Å². The Morgan fingerprint density at radius 2 is 1.90 bits per heavy atom. The van der Waals surface area contributed by atoms with Gasteiger partial charge in [-0.1, -0.05) is 6.42 Å². The third-order valence-corrected chi connectivity index (χ3v) is 5.44. The van der Waals surface area contributed by atoms with Gasteiger partial charge in [-0.2, -0.15) is 0 Å². The van der Waals surface area contributed by atoms with Gasteiger partial charge in [-0.05, 0) is 50.8 Å². The van der Waals surface area contributed by atoms with Gasteiger partial charge in [-0.3, -0.25) is 14.5 Å². The van der Waals surface area contributed by atoms with Gasteiger partial charge in [0.25, 0.3) is 5.91 Å². The Labute approximate surface area is 128 Å². The number of carbonyl (C=O) groups is 2. The summed E-state index contributed by atoms with van der Waals surface area (Å²) in [6.45, 7) is 2.37. The summed E-state index contributed by atoms with van der Waals surface area (Å²) < 4.78 is 0. The average Bonchev–Trinajstić information content (AvgIpc) is 2.99. The van der Waals surface area contributed by atoms with E-state index in [0.717, 1.165) is 50.8 Å². The van der Waals surface area contributed by atoms with E-state index in [2.05, 4.69) is 10.2 Å². The summed E-state index contributed by atoms with van der Waals surface area (Å²) in [6.07, 6.45) is 6.53. The smallest absolute Gasteiger partial charge is 0.251 e. The lowest BCUT2D eigenvalue weighted by Crippen LogP contribution is -2.37. The highest BCUT2D eigenvalue weighted by Gasteiger charge is 2.26. The second-order valence-corrected chi connectivity index (χ2v) is 6.92. The van der Waals surface area contributed by atoms with E-state index >= 15 is 0 Å². The first-order valence-corrected chi connectivity index (χ1v) is 8.43. The molecule has 1 aliphatic carbocycles. The van der Waals surface area contributed by atoms with Gasteiger partial charge in [-0.15, -0.1) is 11.3 Å². The van der Waals surface area contributed by atoms with Crippen LogP contribution < -0.4 is 11.1 Å². The fourth-order valence-electron chi connectivity index (χ4n) is 3.24. The molecule has 114 valence electrons. The summed E-state index contributed by atoms with van der Waals surface area (Å²) in [6, 6.07) is 0. The van der Waals surface area contributed by atoms with Crippen molar-refractivity contribution in [2.45, 2.75) is 38.5 Å². The van der Waals surface area contributed by atoms with Crippen molar-refractivity contribution in [2.75, 3.05) is 25.0 Å². The molecule has 3 N–H and O–H groups in total. The number of rotatable bonds is 4. The molecule has 1 saturated heterocycles. The predicted molar refractivity (Wildman–Crippen MR) is 83.8 cm³/mol. The average molecular weight is 307 g/mol. The molecule has 21 heavy (non-hydrogen) atoms. The highest BCUT2D eigenvalue weighted by Crippen LogP contribution is 2.38. The molecular weight excluding hydrogens is 286 g/mol. The van der Waals surface area contributed by atoms with E-state index in [1.807, 2.05) is 0 Å². The number of fused-ring (bicyclic) bond motifs is 1. The molecule has 1 fully saturated rings. The minimum atomic E-state index is -0.428. The molecular formula is C15H21N3O2S. The van der Waals surface area contributed by atoms with Gasteiger partial charge in [0.2, 0.25) is 5.91 Å². The van der Waals surface area contributed by atoms with Crippen LogP contribution in [0.5, 0.6) is 0 Å². The third-order valence-electron chi connectivity index (χ3n) is 4.24. The zero-order valence-electron chi connectivity index (χ0n) is 12.1. The van der Waals surface area contributed by atoms with Crippen LogP contribution in [0.1, 0.15) is 46.5 Å². The van der Waals surface area contributed by atoms with Crippen LogP contribution in [0.25, 0.3) is 0 Å². The van der Waals surface area contributed by atoms with Gasteiger partial charge in [0, 0.05) is 4.88 Å². The maximum atomic E-state index is 12.2. The molecule has 0 radical (unpaired) electrons. The van der Waals surface area contributed by atoms with E-state index in [1.54, 1.807) is 0 Å². The van der Waals surface area contributed by atoms with Crippen LogP contribution in [0.4, 0.5) is 5.00 Å². The molecule has 1 aromatic rings. The van der Waals surface area contributed by atoms with Gasteiger partial charge in [0.15, 0.2) is 0 Å². The van der Waals surface area contributed by atoms with Crippen molar-refractivity contribution in [2.24, 2.45) is 5.73 Å². The quantitative estimate of drug-likeness (QED) is 0.890. The normalized spacial score (nSPS) is 18.5. The van der Waals surface area contributed by atoms with Crippen molar-refractivity contribution >= 4 is 28.2 Å². The lowest BCUT2D eigenvalue weighted by Gasteiger charge is -2.25. The number of nitrogens with zero attached hydrogens (tertiary/aromatic N) is 1. The molecule has 5 nitrogen and oxygen atoms in total. The van der Waals surface area contributed by atoms with E-state index in [4.69, 9.17) is 5.73 Å². The van der Waals surface area contributed by atoms with Crippen molar-refractivity contribution < 1.29 is 9.59 Å². The maximum Gasteiger partial charge on any atom is 0.251 e. The Morgan fingerprint density at radius 1 is 1.14 bits per heavy atom. The van der Waals surface area contributed by atoms with E-state index in [9.17, 15) is 9.59 Å². The summed E-state index contributed by atoms with van der Waals surface area (Å²) >= 11 is 1.52. The molecule has 2 amide bonds. The molecule has 6 heteroatoms. The highest BCUT2D eigenvalue weighted by atomic mass is 32.1. The predicted octanol–water partition coefficient (Wildman–Crippen LogP) is 1.76. The molecule has 0 saturated carbocycles.